The molecule has 4 N–H and O–H groups in total. The molecule has 0 radical (unpaired) electrons. The summed E-state index contributed by atoms with van der Waals surface area (Å²) in [5.74, 6) is -1.38. The minimum Gasteiger partial charge on any atom is -0.480 e. The molecule has 0 aliphatic carbocycles. The second kappa shape index (κ2) is 36.4. The molecule has 49 heavy (non-hydrogen) atoms. The second-order valence-corrected chi connectivity index (χ2v) is 13.0. The highest BCUT2D eigenvalue weighted by atomic mass is 16.5. The van der Waals surface area contributed by atoms with Crippen molar-refractivity contribution in [2.75, 3.05) is 6.54 Å². The van der Waals surface area contributed by atoms with Crippen LogP contribution in [0.3, 0.4) is 0 Å². The van der Waals surface area contributed by atoms with Crippen molar-refractivity contribution in [3.8, 4) is 0 Å². The summed E-state index contributed by atoms with van der Waals surface area (Å²) in [6.07, 6.45) is 44.1. The van der Waals surface area contributed by atoms with Gasteiger partial charge in [0.1, 0.15) is 12.1 Å². The van der Waals surface area contributed by atoms with Crippen molar-refractivity contribution in [3.63, 3.8) is 0 Å². The van der Waals surface area contributed by atoms with Crippen molar-refractivity contribution >= 4 is 17.8 Å². The molecule has 0 saturated heterocycles. The number of amides is 1. The van der Waals surface area contributed by atoms with Crippen molar-refractivity contribution in [3.05, 3.63) is 60.8 Å². The first kappa shape index (κ1) is 46.1. The molecule has 280 valence electrons. The third-order valence-corrected chi connectivity index (χ3v) is 8.30. The van der Waals surface area contributed by atoms with Crippen LogP contribution in [0, 0.1) is 0 Å². The van der Waals surface area contributed by atoms with Crippen LogP contribution in [-0.2, 0) is 19.1 Å². The minimum atomic E-state index is -1.02. The normalized spacial score (nSPS) is 13.4. The maximum atomic E-state index is 12.7. The Balaban J connectivity index is 4.45. The van der Waals surface area contributed by atoms with E-state index in [2.05, 4.69) is 79.9 Å². The van der Waals surface area contributed by atoms with Crippen molar-refractivity contribution in [2.45, 2.75) is 180 Å². The Bertz CT molecular complexity index is 953. The van der Waals surface area contributed by atoms with Crippen LogP contribution < -0.4 is 11.1 Å². The Morgan fingerprint density at radius 2 is 1.18 bits per heavy atom. The lowest BCUT2D eigenvalue weighted by molar-refractivity contribution is -0.147. The van der Waals surface area contributed by atoms with Crippen LogP contribution in [0.15, 0.2) is 60.8 Å². The van der Waals surface area contributed by atoms with Gasteiger partial charge in [-0.05, 0) is 103 Å². The van der Waals surface area contributed by atoms with Gasteiger partial charge in [-0.25, -0.2) is 4.79 Å². The number of nitrogens with two attached hydrogens (primary N) is 1. The number of hydrogen-bond donors (Lipinski definition) is 3. The van der Waals surface area contributed by atoms with Gasteiger partial charge in [-0.2, -0.15) is 0 Å². The zero-order valence-electron chi connectivity index (χ0n) is 31.3. The van der Waals surface area contributed by atoms with Gasteiger partial charge in [-0.1, -0.05) is 120 Å². The Morgan fingerprint density at radius 3 is 1.84 bits per heavy atom. The lowest BCUT2D eigenvalue weighted by Crippen LogP contribution is -2.40. The number of carbonyl (C=O) groups is 3. The molecule has 0 spiro atoms. The SMILES string of the molecule is CC/C=C\C/C=C\C/C=C\C/C=C\CCCCC(=O)OC(/C=C\CCCCCCCCC)CCCCCCC(=O)NC(CCCN)C(=O)O. The first-order valence-corrected chi connectivity index (χ1v) is 19.6. The van der Waals surface area contributed by atoms with Crippen LogP contribution >= 0.6 is 0 Å². The van der Waals surface area contributed by atoms with Crippen LogP contribution in [0.1, 0.15) is 168 Å². The number of ether oxygens (including phenoxy) is 1. The molecule has 0 bridgehead atoms. The lowest BCUT2D eigenvalue weighted by atomic mass is 10.1. The Morgan fingerprint density at radius 1 is 0.633 bits per heavy atom. The summed E-state index contributed by atoms with van der Waals surface area (Å²) in [6.45, 7) is 4.79. The van der Waals surface area contributed by atoms with Crippen LogP contribution in [0.5, 0.6) is 0 Å². The topological polar surface area (TPSA) is 119 Å². The molecule has 0 aromatic carbocycles. The Hall–Kier alpha value is -2.93. The summed E-state index contributed by atoms with van der Waals surface area (Å²) in [7, 11) is 0. The molecule has 0 aromatic rings. The summed E-state index contributed by atoms with van der Waals surface area (Å²) in [5.41, 5.74) is 5.47. The molecule has 0 aliphatic rings. The number of esters is 1. The van der Waals surface area contributed by atoms with E-state index in [4.69, 9.17) is 10.5 Å². The first-order chi connectivity index (χ1) is 23.9. The van der Waals surface area contributed by atoms with Crippen molar-refractivity contribution in [1.82, 2.24) is 5.32 Å². The fourth-order valence-electron chi connectivity index (χ4n) is 5.35. The van der Waals surface area contributed by atoms with E-state index >= 15 is 0 Å². The molecule has 0 fully saturated rings. The highest BCUT2D eigenvalue weighted by molar-refractivity contribution is 5.83. The maximum absolute atomic E-state index is 12.7. The van der Waals surface area contributed by atoms with Crippen molar-refractivity contribution in [2.24, 2.45) is 5.73 Å². The summed E-state index contributed by atoms with van der Waals surface area (Å²) in [5, 5.41) is 11.9. The van der Waals surface area contributed by atoms with E-state index in [0.717, 1.165) is 83.5 Å². The molecule has 0 rings (SSSR count). The number of aliphatic carboxylic acids is 1. The number of carboxylic acid groups (broad SMARTS) is 1. The first-order valence-electron chi connectivity index (χ1n) is 19.6. The number of unbranched alkanes of at least 4 members (excludes halogenated alkanes) is 12. The summed E-state index contributed by atoms with van der Waals surface area (Å²) < 4.78 is 5.89. The van der Waals surface area contributed by atoms with Crippen LogP contribution in [0.2, 0.25) is 0 Å². The molecule has 0 saturated carbocycles. The van der Waals surface area contributed by atoms with Crippen LogP contribution in [-0.4, -0.2) is 41.6 Å². The van der Waals surface area contributed by atoms with Gasteiger partial charge in [0.25, 0.3) is 0 Å². The number of rotatable bonds is 34. The summed E-state index contributed by atoms with van der Waals surface area (Å²) in [6, 6.07) is -0.876. The molecular formula is C42H72N2O5. The van der Waals surface area contributed by atoms with Gasteiger partial charge < -0.3 is 20.9 Å². The van der Waals surface area contributed by atoms with E-state index in [1.807, 2.05) is 0 Å². The number of carbonyl (C=O) groups excluding carboxylic acids is 2. The van der Waals surface area contributed by atoms with Crippen molar-refractivity contribution in [1.29, 1.82) is 0 Å². The third-order valence-electron chi connectivity index (χ3n) is 8.30. The molecule has 0 heterocycles. The van der Waals surface area contributed by atoms with E-state index in [-0.39, 0.29) is 18.0 Å². The van der Waals surface area contributed by atoms with Gasteiger partial charge in [0.05, 0.1) is 0 Å². The van der Waals surface area contributed by atoms with Gasteiger partial charge in [-0.3, -0.25) is 9.59 Å². The van der Waals surface area contributed by atoms with E-state index in [0.29, 0.717) is 38.6 Å². The number of allylic oxidation sites excluding steroid dienone is 9. The van der Waals surface area contributed by atoms with Crippen LogP contribution in [0.25, 0.3) is 0 Å². The van der Waals surface area contributed by atoms with Gasteiger partial charge in [0.15, 0.2) is 0 Å². The van der Waals surface area contributed by atoms with Gasteiger partial charge in [0, 0.05) is 12.8 Å². The fourth-order valence-corrected chi connectivity index (χ4v) is 5.35. The number of nitrogens with one attached hydrogen (secondary N) is 1. The quantitative estimate of drug-likeness (QED) is 0.0353. The molecule has 2 atom stereocenters. The largest absolute Gasteiger partial charge is 0.480 e. The highest BCUT2D eigenvalue weighted by Gasteiger charge is 2.19. The Kier molecular flexibility index (Phi) is 34.2. The second-order valence-electron chi connectivity index (χ2n) is 13.0. The van der Waals surface area contributed by atoms with Gasteiger partial charge in [-0.15, -0.1) is 0 Å². The monoisotopic (exact) mass is 685 g/mol. The molecule has 7 nitrogen and oxygen atoms in total. The zero-order valence-corrected chi connectivity index (χ0v) is 31.3. The lowest BCUT2D eigenvalue weighted by Gasteiger charge is -2.15. The number of hydrogen-bond acceptors (Lipinski definition) is 5. The minimum absolute atomic E-state index is 0.130. The summed E-state index contributed by atoms with van der Waals surface area (Å²) in [4.78, 5) is 36.2. The summed E-state index contributed by atoms with van der Waals surface area (Å²) >= 11 is 0. The van der Waals surface area contributed by atoms with E-state index in [1.165, 1.54) is 38.5 Å². The molecule has 0 aromatic heterocycles. The van der Waals surface area contributed by atoms with Gasteiger partial charge >= 0.3 is 11.9 Å². The zero-order chi connectivity index (χ0) is 36.0. The predicted octanol–water partition coefficient (Wildman–Crippen LogP) is 10.6. The van der Waals surface area contributed by atoms with Crippen LogP contribution in [0.4, 0.5) is 0 Å². The third kappa shape index (κ3) is 33.3. The smallest absolute Gasteiger partial charge is 0.326 e. The highest BCUT2D eigenvalue weighted by Crippen LogP contribution is 2.15. The Labute approximate surface area is 300 Å². The number of carboxylic acids is 1. The fraction of sp³-hybridized carbons (Fsp3) is 0.690. The molecule has 7 heteroatoms. The molecule has 0 aliphatic heterocycles. The van der Waals surface area contributed by atoms with E-state index < -0.39 is 12.0 Å². The van der Waals surface area contributed by atoms with E-state index in [9.17, 15) is 19.5 Å². The molecule has 1 amide bonds. The average molecular weight is 685 g/mol. The van der Waals surface area contributed by atoms with E-state index in [1.54, 1.807) is 0 Å². The van der Waals surface area contributed by atoms with Gasteiger partial charge in [0.2, 0.25) is 5.91 Å². The van der Waals surface area contributed by atoms with Crippen molar-refractivity contribution < 1.29 is 24.2 Å². The standard InChI is InChI=1S/C42H72N2O5/c1-3-5-7-9-11-13-14-15-16-17-18-20-22-24-30-36-41(46)49-38(32-27-23-21-19-12-10-8-6-4-2)33-28-25-26-29-35-40(45)44-39(42(47)48)34-31-37-43/h5,7,11,13,15-16,18,20,27,32,38-39H,3-4,6,8-10,12,14,17,19,21-26,28-31,33-37,43H2,1-2H3,(H,44,45)(H,47,48)/b7-5-,13-11-,16-15-,20-18-,32-27-. The maximum Gasteiger partial charge on any atom is 0.326 e. The molecule has 2 unspecified atom stereocenters. The molecular weight excluding hydrogens is 612 g/mol. The predicted molar refractivity (Wildman–Crippen MR) is 206 cm³/mol. The average Bonchev–Trinajstić information content (AvgIpc) is 3.08.